The minimum Gasteiger partial charge on any atom is -0.493 e. The molecular weight excluding hydrogens is 366 g/mol. The molecule has 1 fully saturated rings. The van der Waals surface area contributed by atoms with Crippen LogP contribution in [0.15, 0.2) is 61.2 Å². The highest BCUT2D eigenvalue weighted by Gasteiger charge is 2.28. The summed E-state index contributed by atoms with van der Waals surface area (Å²) >= 11 is 0. The average Bonchev–Trinajstić information content (AvgIpc) is 2.78. The van der Waals surface area contributed by atoms with Gasteiger partial charge in [0.15, 0.2) is 18.1 Å². The predicted molar refractivity (Wildman–Crippen MR) is 113 cm³/mol. The zero-order valence-corrected chi connectivity index (χ0v) is 16.9. The fraction of sp³-hybridized carbons (Fsp3) is 0.375. The van der Waals surface area contributed by atoms with Gasteiger partial charge in [-0.2, -0.15) is 0 Å². The van der Waals surface area contributed by atoms with Crippen molar-refractivity contribution < 1.29 is 19.4 Å². The Morgan fingerprint density at radius 2 is 1.93 bits per heavy atom. The largest absolute Gasteiger partial charge is 0.493 e. The van der Waals surface area contributed by atoms with Gasteiger partial charge in [-0.15, -0.1) is 6.58 Å². The van der Waals surface area contributed by atoms with Gasteiger partial charge in [0.05, 0.1) is 13.2 Å². The first-order chi connectivity index (χ1) is 14.1. The Kier molecular flexibility index (Phi) is 7.30. The highest BCUT2D eigenvalue weighted by molar-refractivity contribution is 5.78. The van der Waals surface area contributed by atoms with Crippen molar-refractivity contribution in [1.29, 1.82) is 0 Å². The van der Waals surface area contributed by atoms with Crippen LogP contribution in [0.3, 0.4) is 0 Å². The summed E-state index contributed by atoms with van der Waals surface area (Å²) in [4.78, 5) is 14.4. The summed E-state index contributed by atoms with van der Waals surface area (Å²) in [6, 6.07) is 15.4. The summed E-state index contributed by atoms with van der Waals surface area (Å²) in [6.07, 6.45) is 3.65. The molecule has 29 heavy (non-hydrogen) atoms. The van der Waals surface area contributed by atoms with Crippen molar-refractivity contribution in [3.05, 3.63) is 72.3 Å². The predicted octanol–water partition coefficient (Wildman–Crippen LogP) is 3.77. The molecule has 0 bridgehead atoms. The molecule has 5 heteroatoms. The smallest absolute Gasteiger partial charge is 0.260 e. The van der Waals surface area contributed by atoms with E-state index in [0.29, 0.717) is 24.6 Å². The van der Waals surface area contributed by atoms with Crippen molar-refractivity contribution in [2.45, 2.75) is 25.4 Å². The van der Waals surface area contributed by atoms with E-state index in [1.165, 1.54) is 0 Å². The Bertz CT molecular complexity index is 813. The summed E-state index contributed by atoms with van der Waals surface area (Å²) in [5.41, 5.74) is 2.02. The molecule has 1 atom stereocenters. The molecule has 1 heterocycles. The molecule has 2 aromatic carbocycles. The van der Waals surface area contributed by atoms with E-state index in [2.05, 4.69) is 6.58 Å². The SMILES string of the molecule is C=CCc1ccc(OCC(=O)N2CCC(C(O)c3ccccc3)CC2)c(OC)c1. The molecule has 1 aliphatic rings. The molecule has 1 N–H and O–H groups in total. The Morgan fingerprint density at radius 1 is 1.21 bits per heavy atom. The number of aliphatic hydroxyl groups excluding tert-OH is 1. The highest BCUT2D eigenvalue weighted by atomic mass is 16.5. The number of hydrogen-bond donors (Lipinski definition) is 1. The third-order valence-electron chi connectivity index (χ3n) is 5.44. The molecular formula is C24H29NO4. The second-order valence-corrected chi connectivity index (χ2v) is 7.34. The molecule has 1 amide bonds. The number of likely N-dealkylation sites (tertiary alicyclic amines) is 1. The minimum absolute atomic E-state index is 0.0247. The van der Waals surface area contributed by atoms with Crippen LogP contribution < -0.4 is 9.47 Å². The van der Waals surface area contributed by atoms with E-state index in [1.807, 2.05) is 59.5 Å². The fourth-order valence-electron chi connectivity index (χ4n) is 3.74. The Morgan fingerprint density at radius 3 is 2.59 bits per heavy atom. The topological polar surface area (TPSA) is 59.0 Å². The number of carbonyl (C=O) groups is 1. The summed E-state index contributed by atoms with van der Waals surface area (Å²) < 4.78 is 11.1. The number of nitrogens with zero attached hydrogens (tertiary/aromatic N) is 1. The van der Waals surface area contributed by atoms with Crippen molar-refractivity contribution in [1.82, 2.24) is 4.90 Å². The summed E-state index contributed by atoms with van der Waals surface area (Å²) in [5, 5.41) is 10.6. The standard InChI is InChI=1S/C24H29NO4/c1-3-7-18-10-11-21(22(16-18)28-2)29-17-23(26)25-14-12-20(13-15-25)24(27)19-8-5-4-6-9-19/h3-6,8-11,16,20,24,27H,1,7,12-15,17H2,2H3. The van der Waals surface area contributed by atoms with Crippen molar-refractivity contribution in [2.24, 2.45) is 5.92 Å². The van der Waals surface area contributed by atoms with E-state index in [-0.39, 0.29) is 18.4 Å². The van der Waals surface area contributed by atoms with Crippen LogP contribution in [-0.4, -0.2) is 42.7 Å². The third-order valence-corrected chi connectivity index (χ3v) is 5.44. The molecule has 154 valence electrons. The van der Waals surface area contributed by atoms with Gasteiger partial charge < -0.3 is 19.5 Å². The van der Waals surface area contributed by atoms with Crippen molar-refractivity contribution in [3.8, 4) is 11.5 Å². The minimum atomic E-state index is -0.483. The van der Waals surface area contributed by atoms with Gasteiger partial charge in [-0.3, -0.25) is 4.79 Å². The van der Waals surface area contributed by atoms with E-state index in [1.54, 1.807) is 7.11 Å². The van der Waals surface area contributed by atoms with Crippen LogP contribution >= 0.6 is 0 Å². The van der Waals surface area contributed by atoms with Crippen LogP contribution in [0.5, 0.6) is 11.5 Å². The van der Waals surface area contributed by atoms with Crippen molar-refractivity contribution in [3.63, 3.8) is 0 Å². The van der Waals surface area contributed by atoms with Crippen LogP contribution in [0.4, 0.5) is 0 Å². The Labute approximate surface area is 172 Å². The van der Waals surface area contributed by atoms with Gasteiger partial charge in [-0.1, -0.05) is 42.5 Å². The van der Waals surface area contributed by atoms with E-state index in [0.717, 1.165) is 30.4 Å². The zero-order valence-electron chi connectivity index (χ0n) is 16.9. The molecule has 0 aliphatic carbocycles. The molecule has 1 unspecified atom stereocenters. The fourth-order valence-corrected chi connectivity index (χ4v) is 3.74. The van der Waals surface area contributed by atoms with E-state index < -0.39 is 6.10 Å². The van der Waals surface area contributed by atoms with Gasteiger partial charge >= 0.3 is 0 Å². The van der Waals surface area contributed by atoms with Crippen molar-refractivity contribution >= 4 is 5.91 Å². The first-order valence-corrected chi connectivity index (χ1v) is 10.0. The molecule has 2 aromatic rings. The number of rotatable bonds is 8. The molecule has 0 radical (unpaired) electrons. The summed E-state index contributed by atoms with van der Waals surface area (Å²) in [7, 11) is 1.59. The van der Waals surface area contributed by atoms with Gasteiger partial charge in [-0.25, -0.2) is 0 Å². The molecule has 1 saturated heterocycles. The normalized spacial score (nSPS) is 15.6. The molecule has 3 rings (SSSR count). The highest BCUT2D eigenvalue weighted by Crippen LogP contribution is 2.31. The maximum atomic E-state index is 12.6. The lowest BCUT2D eigenvalue weighted by molar-refractivity contribution is -0.135. The van der Waals surface area contributed by atoms with E-state index in [9.17, 15) is 9.90 Å². The maximum Gasteiger partial charge on any atom is 0.260 e. The van der Waals surface area contributed by atoms with Crippen LogP contribution in [0.1, 0.15) is 30.1 Å². The number of benzene rings is 2. The van der Waals surface area contributed by atoms with Crippen LogP contribution in [0.25, 0.3) is 0 Å². The zero-order chi connectivity index (χ0) is 20.6. The number of piperidine rings is 1. The molecule has 5 nitrogen and oxygen atoms in total. The lowest BCUT2D eigenvalue weighted by atomic mass is 9.87. The monoisotopic (exact) mass is 395 g/mol. The number of carbonyl (C=O) groups excluding carboxylic acids is 1. The number of aliphatic hydroxyl groups is 1. The quantitative estimate of drug-likeness (QED) is 0.691. The Hall–Kier alpha value is -2.79. The second-order valence-electron chi connectivity index (χ2n) is 7.34. The number of amides is 1. The number of hydrogen-bond acceptors (Lipinski definition) is 4. The van der Waals surface area contributed by atoms with E-state index in [4.69, 9.17) is 9.47 Å². The van der Waals surface area contributed by atoms with Gasteiger partial charge in [0, 0.05) is 13.1 Å². The average molecular weight is 395 g/mol. The van der Waals surface area contributed by atoms with Crippen LogP contribution in [0, 0.1) is 5.92 Å². The van der Waals surface area contributed by atoms with Crippen LogP contribution in [-0.2, 0) is 11.2 Å². The molecule has 0 spiro atoms. The van der Waals surface area contributed by atoms with Crippen molar-refractivity contribution in [2.75, 3.05) is 26.8 Å². The summed E-state index contributed by atoms with van der Waals surface area (Å²) in [5.74, 6) is 1.29. The van der Waals surface area contributed by atoms with Gasteiger partial charge in [-0.05, 0) is 48.4 Å². The molecule has 0 saturated carbocycles. The van der Waals surface area contributed by atoms with Gasteiger partial charge in [0.25, 0.3) is 5.91 Å². The lowest BCUT2D eigenvalue weighted by Crippen LogP contribution is -2.42. The first-order valence-electron chi connectivity index (χ1n) is 10.0. The van der Waals surface area contributed by atoms with Crippen LogP contribution in [0.2, 0.25) is 0 Å². The lowest BCUT2D eigenvalue weighted by Gasteiger charge is -2.34. The number of ether oxygens (including phenoxy) is 2. The van der Waals surface area contributed by atoms with Gasteiger partial charge in [0.2, 0.25) is 0 Å². The van der Waals surface area contributed by atoms with E-state index >= 15 is 0 Å². The summed E-state index contributed by atoms with van der Waals surface area (Å²) in [6.45, 7) is 4.98. The third kappa shape index (κ3) is 5.39. The molecule has 1 aliphatic heterocycles. The van der Waals surface area contributed by atoms with Gasteiger partial charge in [0.1, 0.15) is 0 Å². The second kappa shape index (κ2) is 10.1. The molecule has 0 aromatic heterocycles. The maximum absolute atomic E-state index is 12.6. The number of allylic oxidation sites excluding steroid dienone is 1. The first kappa shape index (κ1) is 20.9. The number of methoxy groups -OCH3 is 1. The Balaban J connectivity index is 1.51.